The molecule has 11 rings (SSSR count). The molecule has 2 aliphatic rings. The normalized spacial score (nSPS) is 15.6. The lowest BCUT2D eigenvalue weighted by molar-refractivity contribution is 0.679. The molecule has 254 valence electrons. The highest BCUT2D eigenvalue weighted by Crippen LogP contribution is 2.43. The molecule has 9 aromatic rings. The molecule has 1 N–H and O–H groups in total. The van der Waals surface area contributed by atoms with Crippen LogP contribution in [0.25, 0.3) is 74.7 Å². The highest BCUT2D eigenvalue weighted by molar-refractivity contribution is 7.25. The molecule has 0 spiro atoms. The molecule has 0 bridgehead atoms. The van der Waals surface area contributed by atoms with E-state index in [1.807, 2.05) is 17.4 Å². The first-order chi connectivity index (χ1) is 26.7. The van der Waals surface area contributed by atoms with Gasteiger partial charge in [-0.25, -0.2) is 9.98 Å². The molecule has 8 aromatic carbocycles. The van der Waals surface area contributed by atoms with Gasteiger partial charge in [0.1, 0.15) is 12.0 Å². The van der Waals surface area contributed by atoms with Crippen LogP contribution in [0.15, 0.2) is 192 Å². The summed E-state index contributed by atoms with van der Waals surface area (Å²) >= 11 is 1.85. The van der Waals surface area contributed by atoms with Crippen LogP contribution >= 0.6 is 11.3 Å². The second kappa shape index (κ2) is 12.5. The molecule has 54 heavy (non-hydrogen) atoms. The van der Waals surface area contributed by atoms with E-state index in [1.54, 1.807) is 0 Å². The highest BCUT2D eigenvalue weighted by Gasteiger charge is 2.26. The van der Waals surface area contributed by atoms with Crippen molar-refractivity contribution in [2.24, 2.45) is 9.98 Å². The maximum Gasteiger partial charge on any atom is 0.155 e. The fourth-order valence-corrected chi connectivity index (χ4v) is 9.52. The second-order valence-electron chi connectivity index (χ2n) is 14.1. The predicted molar refractivity (Wildman–Crippen MR) is 231 cm³/mol. The van der Waals surface area contributed by atoms with E-state index in [4.69, 9.17) is 9.98 Å². The minimum atomic E-state index is -0.318. The van der Waals surface area contributed by atoms with Gasteiger partial charge >= 0.3 is 0 Å². The number of nitrogens with zero attached hydrogens (tertiary/aromatic N) is 2. The van der Waals surface area contributed by atoms with Gasteiger partial charge in [-0.3, -0.25) is 0 Å². The molecule has 2 heterocycles. The minimum absolute atomic E-state index is 0.318. The number of thiophene rings is 1. The Morgan fingerprint density at radius 1 is 0.500 bits per heavy atom. The minimum Gasteiger partial charge on any atom is -0.344 e. The fraction of sp³-hybridized carbons (Fsp3) is 0.0400. The Bertz CT molecular complexity index is 3070. The molecule has 0 saturated heterocycles. The molecular weight excluding hydrogens is 675 g/mol. The fourth-order valence-electron chi connectivity index (χ4n) is 8.34. The van der Waals surface area contributed by atoms with Crippen LogP contribution in [-0.4, -0.2) is 11.7 Å². The van der Waals surface area contributed by atoms with Gasteiger partial charge < -0.3 is 5.32 Å². The third kappa shape index (κ3) is 5.10. The lowest BCUT2D eigenvalue weighted by Crippen LogP contribution is -2.33. The first kappa shape index (κ1) is 31.0. The molecule has 0 saturated carbocycles. The number of rotatable bonds is 5. The van der Waals surface area contributed by atoms with Crippen molar-refractivity contribution in [1.29, 1.82) is 0 Å². The van der Waals surface area contributed by atoms with Gasteiger partial charge in [0.25, 0.3) is 0 Å². The van der Waals surface area contributed by atoms with E-state index < -0.39 is 0 Å². The summed E-state index contributed by atoms with van der Waals surface area (Å²) in [5, 5.41) is 14.0. The molecule has 1 unspecified atom stereocenters. The number of nitrogens with one attached hydrogen (secondary N) is 1. The van der Waals surface area contributed by atoms with E-state index in [2.05, 4.69) is 175 Å². The molecule has 1 aliphatic heterocycles. The van der Waals surface area contributed by atoms with Gasteiger partial charge in [0.2, 0.25) is 0 Å². The molecule has 0 radical (unpaired) electrons. The molecule has 1 atom stereocenters. The lowest BCUT2D eigenvalue weighted by Gasteiger charge is -2.25. The van der Waals surface area contributed by atoms with Crippen molar-refractivity contribution in [3.8, 4) is 22.3 Å². The largest absolute Gasteiger partial charge is 0.344 e. The van der Waals surface area contributed by atoms with Crippen LogP contribution in [-0.2, 0) is 0 Å². The summed E-state index contributed by atoms with van der Waals surface area (Å²) in [7, 11) is 0. The maximum atomic E-state index is 5.34. The van der Waals surface area contributed by atoms with E-state index in [0.717, 1.165) is 34.8 Å². The molecule has 1 aliphatic carbocycles. The first-order valence-corrected chi connectivity index (χ1v) is 19.3. The number of hydrogen-bond acceptors (Lipinski definition) is 4. The molecule has 1 aromatic heterocycles. The van der Waals surface area contributed by atoms with E-state index in [1.165, 1.54) is 74.7 Å². The van der Waals surface area contributed by atoms with Crippen LogP contribution in [0.5, 0.6) is 0 Å². The zero-order valence-electron chi connectivity index (χ0n) is 29.3. The van der Waals surface area contributed by atoms with Gasteiger partial charge in [-0.1, -0.05) is 146 Å². The van der Waals surface area contributed by atoms with Crippen LogP contribution in [0.4, 0.5) is 0 Å². The maximum absolute atomic E-state index is 5.34. The van der Waals surface area contributed by atoms with Crippen LogP contribution in [0, 0.1) is 0 Å². The molecular formula is C50H33N3S. The van der Waals surface area contributed by atoms with E-state index in [0.29, 0.717) is 0 Å². The third-order valence-electron chi connectivity index (χ3n) is 10.9. The Hall–Kier alpha value is -6.62. The second-order valence-corrected chi connectivity index (χ2v) is 15.2. The summed E-state index contributed by atoms with van der Waals surface area (Å²) in [6, 6.07) is 57.4. The number of benzene rings is 8. The molecule has 4 heteroatoms. The van der Waals surface area contributed by atoms with Gasteiger partial charge in [0.05, 0.1) is 0 Å². The zero-order valence-corrected chi connectivity index (χ0v) is 30.1. The standard InChI is InChI=1S/C50H33N3S/c1-2-13-31(14-3-1)48-51-49(32-15-4-5-16-32)53-50(52-48)44-29-36(30-46-47(44)42-23-10-11-24-45(42)54-46)34-18-12-17-33(27-34)35-25-26-41-39-21-7-6-19-37(39)38-20-8-9-22-40(38)43(41)28-35/h1-15,17-30,50H,16H2,(H,51,52,53). The van der Waals surface area contributed by atoms with Crippen molar-refractivity contribution in [1.82, 2.24) is 5.32 Å². The van der Waals surface area contributed by atoms with E-state index in [-0.39, 0.29) is 6.17 Å². The number of allylic oxidation sites excluding steroid dienone is 3. The summed E-state index contributed by atoms with van der Waals surface area (Å²) in [5.74, 6) is 1.63. The average Bonchev–Trinajstić information content (AvgIpc) is 3.93. The molecule has 0 fully saturated rings. The monoisotopic (exact) mass is 707 g/mol. The summed E-state index contributed by atoms with van der Waals surface area (Å²) in [6.45, 7) is 0. The van der Waals surface area contributed by atoms with Gasteiger partial charge in [0, 0.05) is 36.9 Å². The van der Waals surface area contributed by atoms with Gasteiger partial charge in [0.15, 0.2) is 5.84 Å². The quantitative estimate of drug-likeness (QED) is 0.178. The van der Waals surface area contributed by atoms with Crippen molar-refractivity contribution >= 4 is 75.5 Å². The van der Waals surface area contributed by atoms with Crippen molar-refractivity contribution in [2.45, 2.75) is 12.6 Å². The van der Waals surface area contributed by atoms with Crippen LogP contribution in [0.3, 0.4) is 0 Å². The summed E-state index contributed by atoms with van der Waals surface area (Å²) < 4.78 is 2.53. The lowest BCUT2D eigenvalue weighted by atomic mass is 9.91. The Morgan fingerprint density at radius 2 is 1.13 bits per heavy atom. The summed E-state index contributed by atoms with van der Waals surface area (Å²) in [4.78, 5) is 10.4. The van der Waals surface area contributed by atoms with Gasteiger partial charge in [-0.15, -0.1) is 11.3 Å². The van der Waals surface area contributed by atoms with Crippen molar-refractivity contribution in [2.75, 3.05) is 0 Å². The number of amidine groups is 2. The third-order valence-corrected chi connectivity index (χ3v) is 12.0. The molecule has 3 nitrogen and oxygen atoms in total. The first-order valence-electron chi connectivity index (χ1n) is 18.5. The summed E-state index contributed by atoms with van der Waals surface area (Å²) in [6.07, 6.45) is 6.93. The molecule has 0 amide bonds. The number of fused-ring (bicyclic) bond motifs is 9. The van der Waals surface area contributed by atoms with E-state index >= 15 is 0 Å². The number of aliphatic imine (C=N–C) groups is 2. The Kier molecular flexibility index (Phi) is 7.17. The highest BCUT2D eigenvalue weighted by atomic mass is 32.1. The average molecular weight is 708 g/mol. The van der Waals surface area contributed by atoms with Crippen LogP contribution < -0.4 is 5.32 Å². The number of hydrogen-bond donors (Lipinski definition) is 1. The van der Waals surface area contributed by atoms with Gasteiger partial charge in [-0.05, 0) is 91.3 Å². The van der Waals surface area contributed by atoms with E-state index in [9.17, 15) is 0 Å². The Labute approximate surface area is 317 Å². The summed E-state index contributed by atoms with van der Waals surface area (Å²) in [5.41, 5.74) is 8.10. The topological polar surface area (TPSA) is 36.8 Å². The van der Waals surface area contributed by atoms with Crippen molar-refractivity contribution in [3.63, 3.8) is 0 Å². The zero-order chi connectivity index (χ0) is 35.6. The van der Waals surface area contributed by atoms with Crippen molar-refractivity contribution < 1.29 is 0 Å². The Balaban J connectivity index is 1.07. The smallest absolute Gasteiger partial charge is 0.155 e. The van der Waals surface area contributed by atoms with Gasteiger partial charge in [-0.2, -0.15) is 0 Å². The SMILES string of the molecule is C1=CCC(C2=NC(c3cc(-c4cccc(-c5ccc6c7ccccc7c7ccccc7c6c5)c4)cc4sc5ccccc5c34)NC(c3ccccc3)=N2)=C1. The van der Waals surface area contributed by atoms with Crippen LogP contribution in [0.2, 0.25) is 0 Å². The van der Waals surface area contributed by atoms with Crippen LogP contribution in [0.1, 0.15) is 23.7 Å². The predicted octanol–water partition coefficient (Wildman–Crippen LogP) is 13.2. The Morgan fingerprint density at radius 3 is 1.87 bits per heavy atom. The van der Waals surface area contributed by atoms with Crippen molar-refractivity contribution in [3.05, 3.63) is 193 Å².